The summed E-state index contributed by atoms with van der Waals surface area (Å²) in [6.45, 7) is 2.54. The van der Waals surface area contributed by atoms with Gasteiger partial charge in [0.05, 0.1) is 13.2 Å². The zero-order chi connectivity index (χ0) is 16.9. The number of rotatable bonds is 12. The average Bonchev–Trinajstić information content (AvgIpc) is 2.55. The normalized spacial score (nSPS) is 28.5. The van der Waals surface area contributed by atoms with E-state index in [2.05, 4.69) is 19.1 Å². The molecule has 5 nitrogen and oxygen atoms in total. The first-order valence-corrected chi connectivity index (χ1v) is 9.05. The van der Waals surface area contributed by atoms with E-state index < -0.39 is 24.4 Å². The second kappa shape index (κ2) is 12.9. The Labute approximate surface area is 140 Å². The molecular formula is C18H34O5. The van der Waals surface area contributed by atoms with Crippen LogP contribution < -0.4 is 0 Å². The zero-order valence-electron chi connectivity index (χ0n) is 14.4. The van der Waals surface area contributed by atoms with Gasteiger partial charge in [0.1, 0.15) is 24.4 Å². The molecule has 0 radical (unpaired) electrons. The molecule has 3 N–H and O–H groups in total. The minimum atomic E-state index is -0.973. The summed E-state index contributed by atoms with van der Waals surface area (Å²) >= 11 is 0. The number of ether oxygens (including phenoxy) is 2. The van der Waals surface area contributed by atoms with Crippen LogP contribution in [0.3, 0.4) is 0 Å². The van der Waals surface area contributed by atoms with E-state index in [1.807, 2.05) is 0 Å². The van der Waals surface area contributed by atoms with Gasteiger partial charge in [0.25, 0.3) is 0 Å². The van der Waals surface area contributed by atoms with Crippen LogP contribution in [0.15, 0.2) is 12.2 Å². The first kappa shape index (κ1) is 20.6. The van der Waals surface area contributed by atoms with Crippen LogP contribution in [0.4, 0.5) is 0 Å². The Hall–Kier alpha value is -0.460. The molecule has 0 aromatic carbocycles. The van der Waals surface area contributed by atoms with Crippen molar-refractivity contribution in [1.29, 1.82) is 0 Å². The third kappa shape index (κ3) is 8.27. The van der Waals surface area contributed by atoms with Gasteiger partial charge in [-0.05, 0) is 25.7 Å². The van der Waals surface area contributed by atoms with Crippen molar-refractivity contribution in [2.45, 2.75) is 82.7 Å². The molecule has 0 aromatic heterocycles. The lowest BCUT2D eigenvalue weighted by molar-refractivity contribution is -0.210. The maximum absolute atomic E-state index is 9.98. The second-order valence-electron chi connectivity index (χ2n) is 6.26. The lowest BCUT2D eigenvalue weighted by Gasteiger charge is -2.37. The van der Waals surface area contributed by atoms with Gasteiger partial charge in [-0.2, -0.15) is 0 Å². The van der Waals surface area contributed by atoms with Gasteiger partial charge in [0, 0.05) is 6.61 Å². The van der Waals surface area contributed by atoms with Crippen LogP contribution in [0.5, 0.6) is 0 Å². The molecule has 136 valence electrons. The topological polar surface area (TPSA) is 79.2 Å². The number of hydrogen-bond acceptors (Lipinski definition) is 5. The highest BCUT2D eigenvalue weighted by molar-refractivity contribution is 4.87. The predicted octanol–water partition coefficient (Wildman–Crippen LogP) is 2.18. The highest BCUT2D eigenvalue weighted by Gasteiger charge is 2.38. The van der Waals surface area contributed by atoms with Crippen LogP contribution in [0.2, 0.25) is 0 Å². The minimum Gasteiger partial charge on any atom is -0.394 e. The summed E-state index contributed by atoms with van der Waals surface area (Å²) in [4.78, 5) is 0. The summed E-state index contributed by atoms with van der Waals surface area (Å²) in [5.41, 5.74) is 0. The van der Waals surface area contributed by atoms with Crippen LogP contribution >= 0.6 is 0 Å². The van der Waals surface area contributed by atoms with E-state index >= 15 is 0 Å². The maximum atomic E-state index is 9.98. The third-order valence-electron chi connectivity index (χ3n) is 4.21. The average molecular weight is 330 g/mol. The highest BCUT2D eigenvalue weighted by atomic mass is 16.6. The van der Waals surface area contributed by atoms with Crippen LogP contribution in [0, 0.1) is 0 Å². The molecule has 1 aliphatic heterocycles. The molecule has 0 spiro atoms. The van der Waals surface area contributed by atoms with Crippen molar-refractivity contribution >= 4 is 0 Å². The molecular weight excluding hydrogens is 296 g/mol. The van der Waals surface area contributed by atoms with E-state index in [-0.39, 0.29) is 13.2 Å². The van der Waals surface area contributed by atoms with E-state index in [0.29, 0.717) is 6.61 Å². The molecule has 1 saturated heterocycles. The molecule has 0 bridgehead atoms. The molecule has 23 heavy (non-hydrogen) atoms. The van der Waals surface area contributed by atoms with Crippen LogP contribution in [0.1, 0.15) is 58.3 Å². The zero-order valence-corrected chi connectivity index (χ0v) is 14.4. The Bertz CT molecular complexity index is 308. The fraction of sp³-hybridized carbons (Fsp3) is 0.889. The molecule has 4 atom stereocenters. The SMILES string of the molecule is CCC/C=C/CCCCCCCO[C@H]1[C@H](O)[C@@H](CO)OC[C@@H]1O. The van der Waals surface area contributed by atoms with Gasteiger partial charge in [-0.3, -0.25) is 0 Å². The molecule has 0 aromatic rings. The van der Waals surface area contributed by atoms with Gasteiger partial charge < -0.3 is 24.8 Å². The smallest absolute Gasteiger partial charge is 0.114 e. The summed E-state index contributed by atoms with van der Waals surface area (Å²) in [5, 5.41) is 28.9. The number of allylic oxidation sites excluding steroid dienone is 2. The summed E-state index contributed by atoms with van der Waals surface area (Å²) in [6.07, 6.45) is 10.6. The number of unbranched alkanes of at least 4 members (excludes halogenated alkanes) is 6. The van der Waals surface area contributed by atoms with E-state index in [4.69, 9.17) is 14.6 Å². The van der Waals surface area contributed by atoms with E-state index in [1.165, 1.54) is 38.5 Å². The van der Waals surface area contributed by atoms with E-state index in [9.17, 15) is 10.2 Å². The molecule has 0 amide bonds. The summed E-state index contributed by atoms with van der Waals surface area (Å²) in [6, 6.07) is 0. The van der Waals surface area contributed by atoms with Gasteiger partial charge in [0.2, 0.25) is 0 Å². The van der Waals surface area contributed by atoms with Crippen molar-refractivity contribution in [3.63, 3.8) is 0 Å². The van der Waals surface area contributed by atoms with Gasteiger partial charge in [-0.1, -0.05) is 44.8 Å². The lowest BCUT2D eigenvalue weighted by atomic mass is 10.0. The maximum Gasteiger partial charge on any atom is 0.114 e. The van der Waals surface area contributed by atoms with Gasteiger partial charge in [0.15, 0.2) is 0 Å². The van der Waals surface area contributed by atoms with Gasteiger partial charge >= 0.3 is 0 Å². The van der Waals surface area contributed by atoms with E-state index in [1.54, 1.807) is 0 Å². The van der Waals surface area contributed by atoms with Gasteiger partial charge in [-0.25, -0.2) is 0 Å². The molecule has 5 heteroatoms. The molecule has 0 aliphatic carbocycles. The fourth-order valence-corrected chi connectivity index (χ4v) is 2.74. The van der Waals surface area contributed by atoms with Gasteiger partial charge in [-0.15, -0.1) is 0 Å². The van der Waals surface area contributed by atoms with Crippen molar-refractivity contribution < 1.29 is 24.8 Å². The summed E-state index contributed by atoms with van der Waals surface area (Å²) in [5.74, 6) is 0. The summed E-state index contributed by atoms with van der Waals surface area (Å²) < 4.78 is 10.8. The van der Waals surface area contributed by atoms with E-state index in [0.717, 1.165) is 12.8 Å². The van der Waals surface area contributed by atoms with Crippen molar-refractivity contribution in [2.75, 3.05) is 19.8 Å². The first-order chi connectivity index (χ1) is 11.2. The van der Waals surface area contributed by atoms with Crippen molar-refractivity contribution in [3.05, 3.63) is 12.2 Å². The second-order valence-corrected chi connectivity index (χ2v) is 6.26. The Kier molecular flexibility index (Phi) is 11.5. The van der Waals surface area contributed by atoms with Crippen LogP contribution in [-0.2, 0) is 9.47 Å². The van der Waals surface area contributed by atoms with Crippen LogP contribution in [0.25, 0.3) is 0 Å². The molecule has 0 saturated carbocycles. The molecule has 1 aliphatic rings. The number of hydrogen-bond donors (Lipinski definition) is 3. The summed E-state index contributed by atoms with van der Waals surface area (Å²) in [7, 11) is 0. The largest absolute Gasteiger partial charge is 0.394 e. The predicted molar refractivity (Wildman–Crippen MR) is 90.3 cm³/mol. The number of aliphatic hydroxyl groups is 3. The van der Waals surface area contributed by atoms with Crippen LogP contribution in [-0.4, -0.2) is 59.6 Å². The Morgan fingerprint density at radius 1 is 1.04 bits per heavy atom. The molecule has 0 unspecified atom stereocenters. The van der Waals surface area contributed by atoms with Crippen molar-refractivity contribution in [2.24, 2.45) is 0 Å². The third-order valence-corrected chi connectivity index (χ3v) is 4.21. The fourth-order valence-electron chi connectivity index (χ4n) is 2.74. The Morgan fingerprint density at radius 2 is 1.74 bits per heavy atom. The molecule has 1 heterocycles. The van der Waals surface area contributed by atoms with Crippen molar-refractivity contribution in [1.82, 2.24) is 0 Å². The standard InChI is InChI=1S/C18H34O5/c1-2-3-4-5-6-7-8-9-10-11-12-22-18-15(20)14-23-16(13-19)17(18)21/h4-5,15-21H,2-3,6-14H2,1H3/b5-4+/t15-,16+,17+,18+/m0/s1. The Morgan fingerprint density at radius 3 is 2.48 bits per heavy atom. The monoisotopic (exact) mass is 330 g/mol. The highest BCUT2D eigenvalue weighted by Crippen LogP contribution is 2.19. The number of aliphatic hydroxyl groups excluding tert-OH is 3. The lowest BCUT2D eigenvalue weighted by Crippen LogP contribution is -2.55. The quantitative estimate of drug-likeness (QED) is 0.377. The first-order valence-electron chi connectivity index (χ1n) is 9.05. The molecule has 1 fully saturated rings. The minimum absolute atomic E-state index is 0.0957. The Balaban J connectivity index is 2.01. The van der Waals surface area contributed by atoms with Crippen molar-refractivity contribution in [3.8, 4) is 0 Å². The molecule has 1 rings (SSSR count).